The molecule has 94 valence electrons. The van der Waals surface area contributed by atoms with E-state index in [0.29, 0.717) is 30.0 Å². The van der Waals surface area contributed by atoms with Gasteiger partial charge in [0.15, 0.2) is 0 Å². The summed E-state index contributed by atoms with van der Waals surface area (Å²) in [7, 11) is 0. The van der Waals surface area contributed by atoms with Gasteiger partial charge in [0, 0.05) is 11.3 Å². The molecule has 0 atom stereocenters. The van der Waals surface area contributed by atoms with Gasteiger partial charge in [0.2, 0.25) is 5.91 Å². The fourth-order valence-electron chi connectivity index (χ4n) is 2.48. The Kier molecular flexibility index (Phi) is 3.35. The molecule has 4 heteroatoms. The van der Waals surface area contributed by atoms with Crippen LogP contribution < -0.4 is 5.32 Å². The van der Waals surface area contributed by atoms with E-state index >= 15 is 0 Å². The Morgan fingerprint density at radius 1 is 1.56 bits per heavy atom. The van der Waals surface area contributed by atoms with Crippen LogP contribution in [-0.2, 0) is 11.4 Å². The molecule has 0 aromatic heterocycles. The molecule has 1 aromatic carbocycles. The van der Waals surface area contributed by atoms with Gasteiger partial charge in [-0.05, 0) is 24.8 Å². The first-order valence-corrected chi connectivity index (χ1v) is 6.03. The maximum Gasteiger partial charge on any atom is 0.244 e. The molecule has 4 nitrogen and oxygen atoms in total. The lowest BCUT2D eigenvalue weighted by atomic mass is 9.63. The van der Waals surface area contributed by atoms with E-state index < -0.39 is 5.41 Å². The molecular weight excluding hydrogens is 228 g/mol. The van der Waals surface area contributed by atoms with E-state index in [4.69, 9.17) is 5.26 Å². The second kappa shape index (κ2) is 4.79. The normalized spacial score (nSPS) is 25.9. The van der Waals surface area contributed by atoms with E-state index in [0.717, 1.165) is 0 Å². The highest BCUT2D eigenvalue weighted by Gasteiger charge is 2.49. The van der Waals surface area contributed by atoms with Crippen LogP contribution in [0.25, 0.3) is 0 Å². The molecule has 0 radical (unpaired) electrons. The van der Waals surface area contributed by atoms with E-state index in [-0.39, 0.29) is 12.5 Å². The van der Waals surface area contributed by atoms with Gasteiger partial charge in [0.1, 0.15) is 5.41 Å². The van der Waals surface area contributed by atoms with Gasteiger partial charge in [-0.2, -0.15) is 5.26 Å². The Bertz CT molecular complexity index is 499. The minimum Gasteiger partial charge on any atom is -0.392 e. The summed E-state index contributed by atoms with van der Waals surface area (Å²) in [6, 6.07) is 9.20. The third-order valence-electron chi connectivity index (χ3n) is 3.48. The molecular formula is C14H16N2O2. The number of hydrogen-bond acceptors (Lipinski definition) is 3. The standard InChI is InChI=1S/C14H16N2O2/c1-10-6-14(7-10,9-15)13(18)16-12-5-3-2-4-11(12)8-17/h2-5,10,17H,6-8H2,1H3,(H,16,18). The van der Waals surface area contributed by atoms with Gasteiger partial charge in [-0.25, -0.2) is 0 Å². The number of hydrogen-bond donors (Lipinski definition) is 2. The zero-order chi connectivity index (χ0) is 13.2. The van der Waals surface area contributed by atoms with Crippen molar-refractivity contribution in [2.45, 2.75) is 26.4 Å². The van der Waals surface area contributed by atoms with Gasteiger partial charge in [0.25, 0.3) is 0 Å². The molecule has 1 amide bonds. The van der Waals surface area contributed by atoms with Crippen LogP contribution in [0.15, 0.2) is 24.3 Å². The first kappa shape index (κ1) is 12.6. The summed E-state index contributed by atoms with van der Waals surface area (Å²) in [6.45, 7) is 1.90. The highest BCUT2D eigenvalue weighted by Crippen LogP contribution is 2.45. The van der Waals surface area contributed by atoms with Crippen molar-refractivity contribution in [2.75, 3.05) is 5.32 Å². The highest BCUT2D eigenvalue weighted by molar-refractivity contribution is 5.98. The lowest BCUT2D eigenvalue weighted by molar-refractivity contribution is -0.128. The minimum atomic E-state index is -0.887. The number of nitriles is 1. The molecule has 18 heavy (non-hydrogen) atoms. The summed E-state index contributed by atoms with van der Waals surface area (Å²) < 4.78 is 0. The van der Waals surface area contributed by atoms with Crippen LogP contribution in [0.4, 0.5) is 5.69 Å². The van der Waals surface area contributed by atoms with Crippen LogP contribution in [0.3, 0.4) is 0 Å². The molecule has 2 N–H and O–H groups in total. The van der Waals surface area contributed by atoms with Crippen molar-refractivity contribution in [1.82, 2.24) is 0 Å². The Morgan fingerprint density at radius 3 is 2.78 bits per heavy atom. The largest absolute Gasteiger partial charge is 0.392 e. The Hall–Kier alpha value is -1.86. The number of aliphatic hydroxyl groups is 1. The molecule has 1 aromatic rings. The predicted molar refractivity (Wildman–Crippen MR) is 67.4 cm³/mol. The number of para-hydroxylation sites is 1. The number of rotatable bonds is 3. The van der Waals surface area contributed by atoms with Crippen molar-refractivity contribution in [3.05, 3.63) is 29.8 Å². The van der Waals surface area contributed by atoms with Crippen molar-refractivity contribution in [1.29, 1.82) is 5.26 Å². The van der Waals surface area contributed by atoms with Crippen LogP contribution >= 0.6 is 0 Å². The van der Waals surface area contributed by atoms with E-state index in [1.54, 1.807) is 24.3 Å². The van der Waals surface area contributed by atoms with E-state index in [1.165, 1.54) is 0 Å². The molecule has 1 fully saturated rings. The lowest BCUT2D eigenvalue weighted by Crippen LogP contribution is -2.45. The minimum absolute atomic E-state index is 0.133. The number of carbonyl (C=O) groups excluding carboxylic acids is 1. The van der Waals surface area contributed by atoms with Gasteiger partial charge in [-0.3, -0.25) is 4.79 Å². The monoisotopic (exact) mass is 244 g/mol. The molecule has 0 unspecified atom stereocenters. The second-order valence-corrected chi connectivity index (χ2v) is 4.98. The SMILES string of the molecule is CC1CC(C#N)(C(=O)Nc2ccccc2CO)C1. The maximum absolute atomic E-state index is 12.1. The summed E-state index contributed by atoms with van der Waals surface area (Å²) in [5, 5.41) is 21.1. The number of amides is 1. The molecule has 0 bridgehead atoms. The summed E-state index contributed by atoms with van der Waals surface area (Å²) >= 11 is 0. The summed E-state index contributed by atoms with van der Waals surface area (Å²) in [5.41, 5.74) is 0.354. The second-order valence-electron chi connectivity index (χ2n) is 4.98. The predicted octanol–water partition coefficient (Wildman–Crippen LogP) is 2.06. The third-order valence-corrected chi connectivity index (χ3v) is 3.48. The van der Waals surface area contributed by atoms with Gasteiger partial charge in [-0.1, -0.05) is 25.1 Å². The number of nitrogens with zero attached hydrogens (tertiary/aromatic N) is 1. The number of nitrogens with one attached hydrogen (secondary N) is 1. The van der Waals surface area contributed by atoms with Crippen LogP contribution in [0.2, 0.25) is 0 Å². The lowest BCUT2D eigenvalue weighted by Gasteiger charge is -2.39. The van der Waals surface area contributed by atoms with Gasteiger partial charge < -0.3 is 10.4 Å². The molecule has 0 aliphatic heterocycles. The van der Waals surface area contributed by atoms with E-state index in [2.05, 4.69) is 11.4 Å². The van der Waals surface area contributed by atoms with Crippen LogP contribution in [0.5, 0.6) is 0 Å². The summed E-state index contributed by atoms with van der Waals surface area (Å²) in [4.78, 5) is 12.1. The fraction of sp³-hybridized carbons (Fsp3) is 0.429. The number of aliphatic hydroxyl groups excluding tert-OH is 1. The third kappa shape index (κ3) is 2.09. The molecule has 0 spiro atoms. The smallest absolute Gasteiger partial charge is 0.244 e. The molecule has 0 saturated heterocycles. The van der Waals surface area contributed by atoms with Crippen molar-refractivity contribution < 1.29 is 9.90 Å². The molecule has 0 heterocycles. The maximum atomic E-state index is 12.1. The zero-order valence-corrected chi connectivity index (χ0v) is 10.3. The average molecular weight is 244 g/mol. The van der Waals surface area contributed by atoms with Crippen LogP contribution in [0, 0.1) is 22.7 Å². The van der Waals surface area contributed by atoms with Crippen LogP contribution in [-0.4, -0.2) is 11.0 Å². The Morgan fingerprint density at radius 2 is 2.22 bits per heavy atom. The quantitative estimate of drug-likeness (QED) is 0.854. The van der Waals surface area contributed by atoms with E-state index in [9.17, 15) is 9.90 Å². The van der Waals surface area contributed by atoms with Crippen LogP contribution in [0.1, 0.15) is 25.3 Å². The molecule has 2 rings (SSSR count). The van der Waals surface area contributed by atoms with Crippen molar-refractivity contribution >= 4 is 11.6 Å². The fourth-order valence-corrected chi connectivity index (χ4v) is 2.48. The van der Waals surface area contributed by atoms with Gasteiger partial charge in [0.05, 0.1) is 12.7 Å². The van der Waals surface area contributed by atoms with E-state index in [1.807, 2.05) is 6.92 Å². The van der Waals surface area contributed by atoms with Gasteiger partial charge in [-0.15, -0.1) is 0 Å². The molecule has 1 aliphatic carbocycles. The number of benzene rings is 1. The Balaban J connectivity index is 2.15. The molecule has 1 aliphatic rings. The average Bonchev–Trinajstić information content (AvgIpc) is 2.35. The van der Waals surface area contributed by atoms with Gasteiger partial charge >= 0.3 is 0 Å². The first-order chi connectivity index (χ1) is 8.61. The topological polar surface area (TPSA) is 73.1 Å². The summed E-state index contributed by atoms with van der Waals surface area (Å²) in [6.07, 6.45) is 1.22. The highest BCUT2D eigenvalue weighted by atomic mass is 16.3. The van der Waals surface area contributed by atoms with Crippen molar-refractivity contribution in [2.24, 2.45) is 11.3 Å². The number of anilines is 1. The Labute approximate surface area is 106 Å². The van der Waals surface area contributed by atoms with Crippen molar-refractivity contribution in [3.8, 4) is 6.07 Å². The molecule has 1 saturated carbocycles. The zero-order valence-electron chi connectivity index (χ0n) is 10.3. The summed E-state index contributed by atoms with van der Waals surface area (Å²) in [5.74, 6) is 0.160. The number of carbonyl (C=O) groups is 1. The van der Waals surface area contributed by atoms with Crippen molar-refractivity contribution in [3.63, 3.8) is 0 Å². The first-order valence-electron chi connectivity index (χ1n) is 6.03.